The van der Waals surface area contributed by atoms with Crippen LogP contribution in [-0.4, -0.2) is 37.8 Å². The predicted molar refractivity (Wildman–Crippen MR) is 87.3 cm³/mol. The summed E-state index contributed by atoms with van der Waals surface area (Å²) in [6, 6.07) is 15.5. The molecule has 0 aromatic heterocycles. The molecule has 1 N–H and O–H groups in total. The van der Waals surface area contributed by atoms with Gasteiger partial charge in [0.05, 0.1) is 20.3 Å². The lowest BCUT2D eigenvalue weighted by Crippen LogP contribution is -2.24. The van der Waals surface area contributed by atoms with Crippen molar-refractivity contribution in [2.45, 2.75) is 12.6 Å². The van der Waals surface area contributed by atoms with E-state index in [9.17, 15) is 5.11 Å². The Hall–Kier alpha value is -2.04. The SMILES string of the molecule is COc1ccc(CN(C)CC(O)c2cccc(OC)c2)cc1. The Morgan fingerprint density at radius 2 is 1.68 bits per heavy atom. The lowest BCUT2D eigenvalue weighted by Gasteiger charge is -2.21. The predicted octanol–water partition coefficient (Wildman–Crippen LogP) is 2.87. The Morgan fingerprint density at radius 1 is 1.00 bits per heavy atom. The van der Waals surface area contributed by atoms with Crippen molar-refractivity contribution in [3.8, 4) is 11.5 Å². The number of nitrogens with zero attached hydrogens (tertiary/aromatic N) is 1. The van der Waals surface area contributed by atoms with E-state index in [4.69, 9.17) is 9.47 Å². The molecule has 0 fully saturated rings. The van der Waals surface area contributed by atoms with E-state index in [1.165, 1.54) is 5.56 Å². The fourth-order valence-electron chi connectivity index (χ4n) is 2.36. The van der Waals surface area contributed by atoms with Crippen molar-refractivity contribution >= 4 is 0 Å². The second-order valence-corrected chi connectivity index (χ2v) is 5.34. The molecule has 0 aliphatic carbocycles. The number of likely N-dealkylation sites (N-methyl/N-ethyl adjacent to an activating group) is 1. The minimum absolute atomic E-state index is 0.543. The number of hydrogen-bond acceptors (Lipinski definition) is 4. The van der Waals surface area contributed by atoms with E-state index in [-0.39, 0.29) is 0 Å². The summed E-state index contributed by atoms with van der Waals surface area (Å²) in [4.78, 5) is 2.09. The van der Waals surface area contributed by atoms with Crippen LogP contribution in [0.3, 0.4) is 0 Å². The van der Waals surface area contributed by atoms with Gasteiger partial charge in [-0.1, -0.05) is 24.3 Å². The van der Waals surface area contributed by atoms with E-state index in [2.05, 4.69) is 4.90 Å². The Labute approximate surface area is 131 Å². The largest absolute Gasteiger partial charge is 0.497 e. The summed E-state index contributed by atoms with van der Waals surface area (Å²) in [6.07, 6.45) is -0.543. The number of methoxy groups -OCH3 is 2. The zero-order valence-electron chi connectivity index (χ0n) is 13.3. The number of benzene rings is 2. The van der Waals surface area contributed by atoms with E-state index < -0.39 is 6.10 Å². The third-order valence-corrected chi connectivity index (χ3v) is 3.57. The fraction of sp³-hybridized carbons (Fsp3) is 0.333. The third kappa shape index (κ3) is 4.48. The summed E-state index contributed by atoms with van der Waals surface area (Å²) in [6.45, 7) is 1.32. The summed E-state index contributed by atoms with van der Waals surface area (Å²) in [7, 11) is 5.28. The Bertz CT molecular complexity index is 583. The minimum Gasteiger partial charge on any atom is -0.497 e. The first-order chi connectivity index (χ1) is 10.6. The van der Waals surface area contributed by atoms with Gasteiger partial charge in [-0.3, -0.25) is 4.90 Å². The molecule has 1 atom stereocenters. The highest BCUT2D eigenvalue weighted by Crippen LogP contribution is 2.20. The third-order valence-electron chi connectivity index (χ3n) is 3.57. The van der Waals surface area contributed by atoms with Gasteiger partial charge in [-0.05, 0) is 42.4 Å². The molecule has 0 amide bonds. The van der Waals surface area contributed by atoms with Crippen molar-refractivity contribution in [2.24, 2.45) is 0 Å². The lowest BCUT2D eigenvalue weighted by atomic mass is 10.1. The van der Waals surface area contributed by atoms with Crippen molar-refractivity contribution < 1.29 is 14.6 Å². The maximum Gasteiger partial charge on any atom is 0.119 e. The summed E-state index contributed by atoms with van der Waals surface area (Å²) in [5.74, 6) is 1.61. The number of aliphatic hydroxyl groups excluding tert-OH is 1. The van der Waals surface area contributed by atoms with Crippen molar-refractivity contribution in [2.75, 3.05) is 27.8 Å². The minimum atomic E-state index is -0.543. The average molecular weight is 301 g/mol. The van der Waals surface area contributed by atoms with Gasteiger partial charge in [-0.2, -0.15) is 0 Å². The van der Waals surface area contributed by atoms with Gasteiger partial charge in [-0.25, -0.2) is 0 Å². The van der Waals surface area contributed by atoms with E-state index in [0.29, 0.717) is 6.54 Å². The monoisotopic (exact) mass is 301 g/mol. The molecule has 0 aliphatic heterocycles. The van der Waals surface area contributed by atoms with Gasteiger partial charge in [0.1, 0.15) is 11.5 Å². The molecule has 0 saturated heterocycles. The van der Waals surface area contributed by atoms with Crippen LogP contribution in [0.4, 0.5) is 0 Å². The van der Waals surface area contributed by atoms with Crippen molar-refractivity contribution in [1.82, 2.24) is 4.90 Å². The molecule has 4 nitrogen and oxygen atoms in total. The molecule has 0 aliphatic rings. The quantitative estimate of drug-likeness (QED) is 0.854. The second kappa shape index (κ2) is 7.82. The number of aliphatic hydroxyl groups is 1. The maximum atomic E-state index is 10.4. The van der Waals surface area contributed by atoms with Crippen LogP contribution in [0, 0.1) is 0 Å². The van der Waals surface area contributed by atoms with E-state index >= 15 is 0 Å². The van der Waals surface area contributed by atoms with Gasteiger partial charge >= 0.3 is 0 Å². The van der Waals surface area contributed by atoms with Crippen LogP contribution in [0.15, 0.2) is 48.5 Å². The smallest absolute Gasteiger partial charge is 0.119 e. The maximum absolute atomic E-state index is 10.4. The van der Waals surface area contributed by atoms with Gasteiger partial charge in [0, 0.05) is 13.1 Å². The Morgan fingerprint density at radius 3 is 2.32 bits per heavy atom. The first-order valence-electron chi connectivity index (χ1n) is 7.26. The van der Waals surface area contributed by atoms with Gasteiger partial charge in [0.25, 0.3) is 0 Å². The standard InChI is InChI=1S/C18H23NO3/c1-19(12-14-7-9-16(21-2)10-8-14)13-18(20)15-5-4-6-17(11-15)22-3/h4-11,18,20H,12-13H2,1-3H3. The lowest BCUT2D eigenvalue weighted by molar-refractivity contribution is 0.123. The number of rotatable bonds is 7. The molecule has 0 radical (unpaired) electrons. The van der Waals surface area contributed by atoms with Crippen LogP contribution >= 0.6 is 0 Å². The molecule has 2 rings (SSSR count). The van der Waals surface area contributed by atoms with Crippen LogP contribution in [0.25, 0.3) is 0 Å². The molecule has 4 heteroatoms. The highest BCUT2D eigenvalue weighted by molar-refractivity contribution is 5.30. The van der Waals surface area contributed by atoms with E-state index in [1.807, 2.05) is 55.6 Å². The molecule has 2 aromatic carbocycles. The normalized spacial score (nSPS) is 12.2. The molecule has 118 valence electrons. The summed E-state index contributed by atoms with van der Waals surface area (Å²) < 4.78 is 10.3. The first-order valence-corrected chi connectivity index (χ1v) is 7.26. The average Bonchev–Trinajstić information content (AvgIpc) is 2.55. The molecule has 0 heterocycles. The topological polar surface area (TPSA) is 41.9 Å². The molecule has 22 heavy (non-hydrogen) atoms. The van der Waals surface area contributed by atoms with Crippen LogP contribution in [0.1, 0.15) is 17.2 Å². The van der Waals surface area contributed by atoms with Crippen molar-refractivity contribution in [3.05, 3.63) is 59.7 Å². The molecule has 0 spiro atoms. The number of ether oxygens (including phenoxy) is 2. The molecular weight excluding hydrogens is 278 g/mol. The zero-order chi connectivity index (χ0) is 15.9. The van der Waals surface area contributed by atoms with Gasteiger partial charge < -0.3 is 14.6 Å². The molecule has 0 saturated carbocycles. The van der Waals surface area contributed by atoms with Crippen LogP contribution in [0.5, 0.6) is 11.5 Å². The van der Waals surface area contributed by atoms with Crippen LogP contribution in [-0.2, 0) is 6.54 Å². The second-order valence-electron chi connectivity index (χ2n) is 5.34. The Balaban J connectivity index is 1.93. The Kier molecular flexibility index (Phi) is 5.81. The van der Waals surface area contributed by atoms with Gasteiger partial charge in [0.2, 0.25) is 0 Å². The van der Waals surface area contributed by atoms with E-state index in [0.717, 1.165) is 23.6 Å². The molecule has 2 aromatic rings. The highest BCUT2D eigenvalue weighted by atomic mass is 16.5. The van der Waals surface area contributed by atoms with Crippen LogP contribution in [0.2, 0.25) is 0 Å². The van der Waals surface area contributed by atoms with E-state index in [1.54, 1.807) is 14.2 Å². The van der Waals surface area contributed by atoms with Gasteiger partial charge in [0.15, 0.2) is 0 Å². The van der Waals surface area contributed by atoms with Crippen molar-refractivity contribution in [3.63, 3.8) is 0 Å². The number of hydrogen-bond donors (Lipinski definition) is 1. The molecule has 1 unspecified atom stereocenters. The molecular formula is C18H23NO3. The summed E-state index contributed by atoms with van der Waals surface area (Å²) >= 11 is 0. The highest BCUT2D eigenvalue weighted by Gasteiger charge is 2.12. The molecule has 0 bridgehead atoms. The van der Waals surface area contributed by atoms with Gasteiger partial charge in [-0.15, -0.1) is 0 Å². The first kappa shape index (κ1) is 16.3. The summed E-state index contributed by atoms with van der Waals surface area (Å²) in [5.41, 5.74) is 2.04. The van der Waals surface area contributed by atoms with Crippen LogP contribution < -0.4 is 9.47 Å². The fourth-order valence-corrected chi connectivity index (χ4v) is 2.36. The van der Waals surface area contributed by atoms with Crippen molar-refractivity contribution in [1.29, 1.82) is 0 Å². The zero-order valence-corrected chi connectivity index (χ0v) is 13.3. The summed E-state index contributed by atoms with van der Waals surface area (Å²) in [5, 5.41) is 10.4.